The highest BCUT2D eigenvalue weighted by Gasteiger charge is 2.24. The van der Waals surface area contributed by atoms with Gasteiger partial charge in [0.25, 0.3) is 5.91 Å². The molecule has 4 rings (SSSR count). The lowest BCUT2D eigenvalue weighted by molar-refractivity contribution is -0.124. The van der Waals surface area contributed by atoms with Crippen molar-refractivity contribution in [3.05, 3.63) is 24.0 Å². The van der Waals surface area contributed by atoms with Gasteiger partial charge in [-0.3, -0.25) is 4.79 Å². The maximum absolute atomic E-state index is 12.1. The SMILES string of the molecule is O=C(Nc1ccc2nc(C3CCCO3)[nH]c2c1)C1CCCO1. The number of benzene rings is 1. The summed E-state index contributed by atoms with van der Waals surface area (Å²) in [6.07, 6.45) is 3.56. The van der Waals surface area contributed by atoms with Gasteiger partial charge in [-0.25, -0.2) is 4.98 Å². The van der Waals surface area contributed by atoms with Crippen LogP contribution in [0.5, 0.6) is 0 Å². The van der Waals surface area contributed by atoms with Crippen LogP contribution in [-0.4, -0.2) is 35.2 Å². The first-order chi connectivity index (χ1) is 10.8. The smallest absolute Gasteiger partial charge is 0.253 e. The first kappa shape index (κ1) is 13.7. The molecule has 2 saturated heterocycles. The van der Waals surface area contributed by atoms with Crippen LogP contribution < -0.4 is 5.32 Å². The molecule has 0 aliphatic carbocycles. The summed E-state index contributed by atoms with van der Waals surface area (Å²) in [5.41, 5.74) is 2.56. The summed E-state index contributed by atoms with van der Waals surface area (Å²) in [5.74, 6) is 0.797. The molecule has 1 amide bonds. The number of hydrogen-bond acceptors (Lipinski definition) is 4. The van der Waals surface area contributed by atoms with Crippen molar-refractivity contribution in [2.75, 3.05) is 18.5 Å². The van der Waals surface area contributed by atoms with Gasteiger partial charge < -0.3 is 19.8 Å². The minimum absolute atomic E-state index is 0.0670. The normalized spacial score (nSPS) is 24.9. The molecule has 2 aromatic rings. The van der Waals surface area contributed by atoms with Crippen LogP contribution >= 0.6 is 0 Å². The van der Waals surface area contributed by atoms with Crippen molar-refractivity contribution >= 4 is 22.6 Å². The van der Waals surface area contributed by atoms with Crippen molar-refractivity contribution < 1.29 is 14.3 Å². The number of aromatic nitrogens is 2. The number of carbonyl (C=O) groups excluding carboxylic acids is 1. The Morgan fingerprint density at radius 3 is 2.86 bits per heavy atom. The summed E-state index contributed by atoms with van der Waals surface area (Å²) < 4.78 is 11.0. The van der Waals surface area contributed by atoms with Crippen LogP contribution in [0.4, 0.5) is 5.69 Å². The fraction of sp³-hybridized carbons (Fsp3) is 0.500. The molecule has 0 radical (unpaired) electrons. The molecular weight excluding hydrogens is 282 g/mol. The Balaban J connectivity index is 1.53. The number of fused-ring (bicyclic) bond motifs is 1. The third-order valence-electron chi connectivity index (χ3n) is 4.22. The number of rotatable bonds is 3. The summed E-state index contributed by atoms with van der Waals surface area (Å²) in [4.78, 5) is 20.0. The molecule has 116 valence electrons. The molecule has 22 heavy (non-hydrogen) atoms. The van der Waals surface area contributed by atoms with Crippen LogP contribution in [-0.2, 0) is 14.3 Å². The van der Waals surface area contributed by atoms with Gasteiger partial charge in [-0.05, 0) is 43.9 Å². The number of ether oxygens (including phenoxy) is 2. The molecule has 2 atom stereocenters. The second kappa shape index (κ2) is 5.70. The number of amides is 1. The predicted octanol–water partition coefficient (Wildman–Crippen LogP) is 2.53. The Kier molecular flexibility index (Phi) is 3.56. The van der Waals surface area contributed by atoms with Crippen LogP contribution in [0.15, 0.2) is 18.2 Å². The predicted molar refractivity (Wildman–Crippen MR) is 81.6 cm³/mol. The Bertz CT molecular complexity index is 685. The fourth-order valence-corrected chi connectivity index (χ4v) is 3.06. The summed E-state index contributed by atoms with van der Waals surface area (Å²) in [7, 11) is 0. The van der Waals surface area contributed by atoms with E-state index in [1.54, 1.807) is 0 Å². The van der Waals surface area contributed by atoms with Gasteiger partial charge in [0.15, 0.2) is 0 Å². The third kappa shape index (κ3) is 2.60. The Hall–Kier alpha value is -1.92. The van der Waals surface area contributed by atoms with Crippen molar-refractivity contribution in [1.29, 1.82) is 0 Å². The molecular formula is C16H19N3O3. The zero-order valence-electron chi connectivity index (χ0n) is 12.3. The maximum atomic E-state index is 12.1. The molecule has 0 saturated carbocycles. The van der Waals surface area contributed by atoms with E-state index in [2.05, 4.69) is 15.3 Å². The quantitative estimate of drug-likeness (QED) is 0.913. The molecule has 1 aromatic carbocycles. The average Bonchev–Trinajstić information content (AvgIpc) is 3.26. The van der Waals surface area contributed by atoms with E-state index in [4.69, 9.17) is 9.47 Å². The van der Waals surface area contributed by atoms with Crippen LogP contribution in [0.3, 0.4) is 0 Å². The van der Waals surface area contributed by atoms with E-state index < -0.39 is 0 Å². The van der Waals surface area contributed by atoms with Gasteiger partial charge in [-0.15, -0.1) is 0 Å². The third-order valence-corrected chi connectivity index (χ3v) is 4.22. The van der Waals surface area contributed by atoms with Gasteiger partial charge >= 0.3 is 0 Å². The average molecular weight is 301 g/mol. The second-order valence-electron chi connectivity index (χ2n) is 5.85. The van der Waals surface area contributed by atoms with E-state index in [0.717, 1.165) is 54.8 Å². The lowest BCUT2D eigenvalue weighted by Gasteiger charge is -2.10. The van der Waals surface area contributed by atoms with Crippen molar-refractivity contribution in [3.63, 3.8) is 0 Å². The standard InChI is InChI=1S/C16H19N3O3/c20-16(14-4-2-8-22-14)17-10-5-6-11-12(9-10)19-15(18-11)13-3-1-7-21-13/h5-6,9,13-14H,1-4,7-8H2,(H,17,20)(H,18,19). The summed E-state index contributed by atoms with van der Waals surface area (Å²) in [6.45, 7) is 1.47. The number of H-pyrrole nitrogens is 1. The van der Waals surface area contributed by atoms with Crippen molar-refractivity contribution in [2.24, 2.45) is 0 Å². The molecule has 3 heterocycles. The van der Waals surface area contributed by atoms with E-state index in [1.807, 2.05) is 18.2 Å². The van der Waals surface area contributed by atoms with Crippen LogP contribution in [0.1, 0.15) is 37.6 Å². The number of aromatic amines is 1. The zero-order chi connectivity index (χ0) is 14.9. The van der Waals surface area contributed by atoms with Crippen LogP contribution in [0, 0.1) is 0 Å². The van der Waals surface area contributed by atoms with Crippen LogP contribution in [0.2, 0.25) is 0 Å². The molecule has 6 heteroatoms. The first-order valence-corrected chi connectivity index (χ1v) is 7.83. The monoisotopic (exact) mass is 301 g/mol. The lowest BCUT2D eigenvalue weighted by Crippen LogP contribution is -2.26. The lowest BCUT2D eigenvalue weighted by atomic mass is 10.2. The van der Waals surface area contributed by atoms with Gasteiger partial charge in [0.05, 0.1) is 11.0 Å². The zero-order valence-corrected chi connectivity index (χ0v) is 12.3. The molecule has 2 N–H and O–H groups in total. The number of nitrogens with one attached hydrogen (secondary N) is 2. The maximum Gasteiger partial charge on any atom is 0.253 e. The van der Waals surface area contributed by atoms with Crippen molar-refractivity contribution in [2.45, 2.75) is 37.9 Å². The van der Waals surface area contributed by atoms with E-state index in [9.17, 15) is 4.79 Å². The first-order valence-electron chi connectivity index (χ1n) is 7.83. The molecule has 2 fully saturated rings. The van der Waals surface area contributed by atoms with Crippen molar-refractivity contribution in [1.82, 2.24) is 9.97 Å². The highest BCUT2D eigenvalue weighted by molar-refractivity contribution is 5.96. The molecule has 0 spiro atoms. The number of anilines is 1. The summed E-state index contributed by atoms with van der Waals surface area (Å²) in [5, 5.41) is 2.91. The van der Waals surface area contributed by atoms with E-state index in [-0.39, 0.29) is 18.1 Å². The summed E-state index contributed by atoms with van der Waals surface area (Å²) in [6, 6.07) is 5.69. The summed E-state index contributed by atoms with van der Waals surface area (Å²) >= 11 is 0. The molecule has 2 unspecified atom stereocenters. The van der Waals surface area contributed by atoms with E-state index in [1.165, 1.54) is 0 Å². The minimum atomic E-state index is -0.320. The van der Waals surface area contributed by atoms with Gasteiger partial charge in [0, 0.05) is 18.9 Å². The fourth-order valence-electron chi connectivity index (χ4n) is 3.06. The van der Waals surface area contributed by atoms with Gasteiger partial charge in [0.1, 0.15) is 18.0 Å². The number of hydrogen-bond donors (Lipinski definition) is 2. The highest BCUT2D eigenvalue weighted by Crippen LogP contribution is 2.28. The molecule has 6 nitrogen and oxygen atoms in total. The Morgan fingerprint density at radius 2 is 2.09 bits per heavy atom. The minimum Gasteiger partial charge on any atom is -0.370 e. The van der Waals surface area contributed by atoms with Gasteiger partial charge in [-0.1, -0.05) is 0 Å². The number of nitrogens with zero attached hydrogens (tertiary/aromatic N) is 1. The highest BCUT2D eigenvalue weighted by atomic mass is 16.5. The van der Waals surface area contributed by atoms with Crippen molar-refractivity contribution in [3.8, 4) is 0 Å². The molecule has 2 aliphatic rings. The van der Waals surface area contributed by atoms with Crippen LogP contribution in [0.25, 0.3) is 11.0 Å². The van der Waals surface area contributed by atoms with E-state index in [0.29, 0.717) is 6.61 Å². The van der Waals surface area contributed by atoms with Gasteiger partial charge in [-0.2, -0.15) is 0 Å². The number of carbonyl (C=O) groups is 1. The number of imidazole rings is 1. The largest absolute Gasteiger partial charge is 0.370 e. The molecule has 1 aromatic heterocycles. The van der Waals surface area contributed by atoms with E-state index >= 15 is 0 Å². The Labute approximate surface area is 128 Å². The molecule has 0 bridgehead atoms. The van der Waals surface area contributed by atoms with Gasteiger partial charge in [0.2, 0.25) is 0 Å². The topological polar surface area (TPSA) is 76.2 Å². The second-order valence-corrected chi connectivity index (χ2v) is 5.85. The Morgan fingerprint density at radius 1 is 1.23 bits per heavy atom. The molecule has 2 aliphatic heterocycles.